The third-order valence-corrected chi connectivity index (χ3v) is 29.2. The van der Waals surface area contributed by atoms with E-state index < -0.39 is 99.3 Å². The highest BCUT2D eigenvalue weighted by atomic mass is 31.2. The monoisotopic (exact) mass is 2070 g/mol. The van der Waals surface area contributed by atoms with Gasteiger partial charge in [-0.3, -0.25) is 85.2 Å². The minimum Gasteiger partial charge on any atom is -0.467 e. The van der Waals surface area contributed by atoms with Crippen LogP contribution in [0.15, 0.2) is 240 Å². The average Bonchev–Trinajstić information content (AvgIpc) is 0.808. The zero-order chi connectivity index (χ0) is 104. The summed E-state index contributed by atoms with van der Waals surface area (Å²) in [4.78, 5) is 167. The fourth-order valence-electron chi connectivity index (χ4n) is 13.9. The number of fused-ring (bicyclic) bond motifs is 7. The summed E-state index contributed by atoms with van der Waals surface area (Å²) in [5.41, 5.74) is 7.56. The van der Waals surface area contributed by atoms with Gasteiger partial charge in [-0.05, 0) is 126 Å². The van der Waals surface area contributed by atoms with Crippen LogP contribution in [-0.2, 0) is 139 Å². The first kappa shape index (κ1) is 112. The van der Waals surface area contributed by atoms with Gasteiger partial charge in [0.25, 0.3) is 65.8 Å². The number of carbonyl (C=O) groups is 2. The Bertz CT molecular complexity index is 7900. The molecule has 748 valence electrons. The van der Waals surface area contributed by atoms with E-state index in [1.165, 1.54) is 54.4 Å². The largest absolute Gasteiger partial charge is 0.467 e. The first-order chi connectivity index (χ1) is 66.2. The van der Waals surface area contributed by atoms with Crippen molar-refractivity contribution < 1.29 is 83.6 Å². The Balaban J connectivity index is 0.000000185. The molecule has 7 aromatic heterocycles. The van der Waals surface area contributed by atoms with Crippen molar-refractivity contribution >= 4 is 147 Å². The normalized spacial score (nSPS) is 13.4. The number of benzene rings is 8. The number of rotatable bonds is 27. The van der Waals surface area contributed by atoms with Gasteiger partial charge in [0.05, 0.1) is 135 Å². The van der Waals surface area contributed by atoms with Crippen molar-refractivity contribution in [2.75, 3.05) is 73.2 Å². The van der Waals surface area contributed by atoms with Crippen LogP contribution >= 0.6 is 52.1 Å². The Hall–Kier alpha value is -12.5. The van der Waals surface area contributed by atoms with E-state index in [1.54, 1.807) is 185 Å². The molecule has 0 saturated heterocycles. The molecule has 141 heavy (non-hydrogen) atoms. The molecule has 2 amide bonds. The van der Waals surface area contributed by atoms with Crippen LogP contribution in [0.25, 0.3) is 83.0 Å². The first-order valence-electron chi connectivity index (χ1n) is 43.3. The molecule has 5 N–H and O–H groups in total. The summed E-state index contributed by atoms with van der Waals surface area (Å²) >= 11 is 0. The van der Waals surface area contributed by atoms with Crippen LogP contribution in [0.4, 0.5) is 0 Å². The van der Waals surface area contributed by atoms with Crippen LogP contribution in [0.5, 0.6) is 0 Å². The molecule has 0 bridgehead atoms. The van der Waals surface area contributed by atoms with Gasteiger partial charge in [0.2, 0.25) is 14.7 Å². The molecule has 15 aromatic rings. The molecule has 5 atom stereocenters. The minimum atomic E-state index is -4.13. The summed E-state index contributed by atoms with van der Waals surface area (Å²) in [7, 11) is -11.6. The van der Waals surface area contributed by atoms with Crippen LogP contribution in [0.1, 0.15) is 82.7 Å². The zero-order valence-electron chi connectivity index (χ0n) is 80.5. The van der Waals surface area contributed by atoms with Crippen LogP contribution < -0.4 is 49.1 Å². The molecule has 0 aliphatic carbocycles. The molecular weight excluding hydrogens is 1960 g/mol. The molecule has 8 aromatic carbocycles. The second-order valence-electron chi connectivity index (χ2n) is 32.3. The number of hydrogen-bond acceptors (Lipinski definition) is 29. The molecular formula is C93H111N16O25P7. The first-order valence-corrected chi connectivity index (χ1v) is 58.3. The Morgan fingerprint density at radius 3 is 0.901 bits per heavy atom. The third kappa shape index (κ3) is 31.0. The van der Waals surface area contributed by atoms with Crippen LogP contribution in [0, 0.1) is 0 Å². The number of hydrogen-bond donors (Lipinski definition) is 5. The zero-order valence-corrected chi connectivity index (χ0v) is 86.8. The summed E-state index contributed by atoms with van der Waals surface area (Å²) in [5.74, 6) is -1.45. The van der Waals surface area contributed by atoms with Crippen LogP contribution in [-0.4, -0.2) is 167 Å². The Morgan fingerprint density at radius 2 is 0.596 bits per heavy atom. The van der Waals surface area contributed by atoms with Gasteiger partial charge in [0.15, 0.2) is 18.2 Å². The van der Waals surface area contributed by atoms with Gasteiger partial charge in [-0.15, -0.1) is 0 Å². The van der Waals surface area contributed by atoms with E-state index in [2.05, 4.69) is 46.6 Å². The topological polar surface area (TPSA) is 538 Å². The highest BCUT2D eigenvalue weighted by Crippen LogP contribution is 2.51. The number of para-hydroxylation sites is 14. The third-order valence-electron chi connectivity index (χ3n) is 20.4. The molecule has 0 aliphatic heterocycles. The average molecular weight is 2070 g/mol. The van der Waals surface area contributed by atoms with E-state index in [-0.39, 0.29) is 89.5 Å². The maximum absolute atomic E-state index is 12.5. The summed E-state index contributed by atoms with van der Waals surface area (Å²) in [6.07, 6.45) is -0.495. The maximum Gasteiger partial charge on any atom is 0.337 e. The molecule has 15 rings (SSSR count). The van der Waals surface area contributed by atoms with E-state index in [1.807, 2.05) is 108 Å². The van der Waals surface area contributed by atoms with Crippen molar-refractivity contribution in [1.29, 1.82) is 0 Å². The van der Waals surface area contributed by atoms with E-state index in [9.17, 15) is 84.9 Å². The second-order valence-corrected chi connectivity index (χ2v) is 48.9. The van der Waals surface area contributed by atoms with E-state index in [4.69, 9.17) is 32.2 Å². The molecule has 0 spiro atoms. The van der Waals surface area contributed by atoms with Gasteiger partial charge in [0.1, 0.15) is 34.2 Å². The fourth-order valence-corrected chi connectivity index (χ4v) is 21.0. The fraction of sp³-hybridized carbons (Fsp3) is 0.290. The molecule has 0 saturated carbocycles. The lowest BCUT2D eigenvalue weighted by Gasteiger charge is -2.17. The summed E-state index contributed by atoms with van der Waals surface area (Å²) in [6, 6.07) is 59.3. The van der Waals surface area contributed by atoms with E-state index in [0.29, 0.717) is 73.4 Å². The van der Waals surface area contributed by atoms with Gasteiger partial charge < -0.3 is 74.0 Å². The number of ether oxygens (including phenoxy) is 1. The SMILES string of the molecule is C=C(OCOP(=O)(O)Cc1nc2ccccc2n(C)c1=O)c1ccccc1.CCOP(=O)(Cc1nc2ccccc2n(C)c1=O)OCC.CCOP(C)(=O)Cc1nc2ccccc2n(C)c1=O.CCOP(C)(=O)NC(=O)c1nc2ccccc2n(C)c1=O.Cn1c(=O)c(C(=O)NP(C)(=O)O)nc2ccccc21.Cn1c(=O)c(CP(C)(=O)O)nc2ccccc21.Cn1c(=O)c(CP(C)(C)=O)nc2ccccc21. The minimum absolute atomic E-state index is 0.0380. The number of aryl methyl sites for hydroxylation is 7. The lowest BCUT2D eigenvalue weighted by Crippen LogP contribution is -2.32. The smallest absolute Gasteiger partial charge is 0.337 e. The standard InChI is InChI=1S/C19H19N2O5P.C14H19N2O4P.C13H16N3O4P.C13H17N2O3P.C12H15N2O2P.C11H12N3O4P.C11H13N2O3P/c1-14(15-8-4-3-5-9-15)25-13-26-27(23,24)12-17-19(22)21(2)18-11-7-6-10-16(18)20-17;1-4-19-21(18,20-5-2)10-12-14(17)16(3)13-9-7-6-8-11(13)15-12;1-4-20-21(3,19)15-12(17)11-13(18)16(2)10-8-6-5-7-9(10)14-11;1-4-18-19(3,17)9-11-13(16)15(2)12-8-6-5-7-10(12)14-11;1-14-11-7-5-4-6-9(11)13-10(12(14)15)8-17(2,3)16;1-14-8-6-4-3-5-7(8)12-9(11(14)16)10(15)13-19(2,17)18;1-13-10-6-4-3-5-8(10)12-9(11(13)14)7-17(2,15)16/h3-11H,1,12-13H2,2H3,(H,23,24);6-9H,4-5,10H2,1-3H3;5-8H,4H2,1-3H3,(H,15,17,19);5-8H,4,9H2,1-3H3;4-7H,8H2,1-3H3;3-6H,1-2H3,(H2,13,15,17,18);3-6H,7H2,1-2H3,(H,15,16). The van der Waals surface area contributed by atoms with Crippen molar-refractivity contribution in [3.05, 3.63) is 325 Å². The lowest BCUT2D eigenvalue weighted by atomic mass is 10.2. The quantitative estimate of drug-likeness (QED) is 0.0181. The van der Waals surface area contributed by atoms with Gasteiger partial charge in [-0.2, -0.15) is 0 Å². The van der Waals surface area contributed by atoms with E-state index in [0.717, 1.165) is 39.8 Å². The predicted octanol–water partition coefficient (Wildman–Crippen LogP) is 13.7. The number of aromatic nitrogens is 14. The maximum atomic E-state index is 12.5. The lowest BCUT2D eigenvalue weighted by molar-refractivity contribution is 0.0836. The second kappa shape index (κ2) is 48.8. The molecule has 0 aliphatic rings. The Kier molecular flexibility index (Phi) is 38.8. The van der Waals surface area contributed by atoms with Crippen LogP contribution in [0.3, 0.4) is 0 Å². The van der Waals surface area contributed by atoms with Crippen molar-refractivity contribution in [1.82, 2.24) is 77.0 Å². The summed E-state index contributed by atoms with van der Waals surface area (Å²) in [5, 5.41) is 4.09. The summed E-state index contributed by atoms with van der Waals surface area (Å²) in [6.45, 7) is 19.6. The predicted molar refractivity (Wildman–Crippen MR) is 547 cm³/mol. The Labute approximate surface area is 808 Å². The number of nitrogens with one attached hydrogen (secondary N) is 2. The van der Waals surface area contributed by atoms with E-state index >= 15 is 0 Å². The molecule has 0 radical (unpaired) electrons. The Morgan fingerprint density at radius 1 is 0.326 bits per heavy atom. The van der Waals surface area contributed by atoms with Crippen molar-refractivity contribution in [2.45, 2.75) is 58.5 Å². The van der Waals surface area contributed by atoms with Crippen LogP contribution in [0.2, 0.25) is 0 Å². The molecule has 0 fully saturated rings. The van der Waals surface area contributed by atoms with Crippen molar-refractivity contribution in [3.63, 3.8) is 0 Å². The molecule has 41 nitrogen and oxygen atoms in total. The number of amides is 2. The highest BCUT2D eigenvalue weighted by Gasteiger charge is 2.31. The van der Waals surface area contributed by atoms with Gasteiger partial charge >= 0.3 is 15.2 Å². The van der Waals surface area contributed by atoms with Crippen molar-refractivity contribution in [2.24, 2.45) is 49.3 Å². The number of carbonyl (C=O) groups excluding carboxylic acids is 2. The van der Waals surface area contributed by atoms with Gasteiger partial charge in [-0.1, -0.05) is 122 Å². The highest BCUT2D eigenvalue weighted by molar-refractivity contribution is 7.61. The molecule has 5 unspecified atom stereocenters. The molecule has 48 heteroatoms. The van der Waals surface area contributed by atoms with Crippen molar-refractivity contribution in [3.8, 4) is 0 Å². The summed E-state index contributed by atoms with van der Waals surface area (Å²) < 4.78 is 124. The van der Waals surface area contributed by atoms with Gasteiger partial charge in [-0.25, -0.2) is 34.9 Å². The molecule has 7 heterocycles. The number of nitrogens with zero attached hydrogens (tertiary/aromatic N) is 14. The van der Waals surface area contributed by atoms with Gasteiger partial charge in [0, 0.05) is 87.7 Å².